The summed E-state index contributed by atoms with van der Waals surface area (Å²) in [6.07, 6.45) is 0. The summed E-state index contributed by atoms with van der Waals surface area (Å²) in [5.41, 5.74) is 0.526. The Kier molecular flexibility index (Phi) is 5.01. The molecule has 0 atom stereocenters. The number of rotatable bonds is 4. The number of benzene rings is 2. The Morgan fingerprint density at radius 3 is 2.28 bits per heavy atom. The molecule has 0 N–H and O–H groups in total. The van der Waals surface area contributed by atoms with Gasteiger partial charge in [0.1, 0.15) is 5.75 Å². The van der Waals surface area contributed by atoms with Crippen LogP contribution in [0.3, 0.4) is 0 Å². The van der Waals surface area contributed by atoms with E-state index in [4.69, 9.17) is 4.74 Å². The molecule has 1 aliphatic heterocycles. The van der Waals surface area contributed by atoms with Crippen molar-refractivity contribution in [3.8, 4) is 5.75 Å². The third kappa shape index (κ3) is 3.47. The van der Waals surface area contributed by atoms with Crippen LogP contribution in [0.1, 0.15) is 0 Å². The molecule has 1 saturated heterocycles. The summed E-state index contributed by atoms with van der Waals surface area (Å²) in [6.45, 7) is 1.54. The largest absolute Gasteiger partial charge is 0.497 e. The van der Waals surface area contributed by atoms with E-state index < -0.39 is 10.0 Å². The zero-order chi connectivity index (χ0) is 20.6. The fraction of sp³-hybridized carbons (Fsp3) is 0.300. The summed E-state index contributed by atoms with van der Waals surface area (Å²) in [7, 11) is -0.353. The van der Waals surface area contributed by atoms with E-state index in [1.54, 1.807) is 37.4 Å². The lowest BCUT2D eigenvalue weighted by atomic mass is 10.2. The molecule has 9 heteroatoms. The standard InChI is InChI=1S/C20H22N4O4S/c1-22-19(25)17-5-3-4-6-18(17)21-20(22)23-11-13-24(14-12-23)29(26,27)16-9-7-15(28-2)8-10-16/h3-10H,11-14H2,1-2H3. The highest BCUT2D eigenvalue weighted by Gasteiger charge is 2.29. The molecule has 0 spiro atoms. The van der Waals surface area contributed by atoms with Crippen LogP contribution in [0.25, 0.3) is 10.9 Å². The van der Waals surface area contributed by atoms with Crippen LogP contribution in [0.5, 0.6) is 5.75 Å². The first kappa shape index (κ1) is 19.4. The van der Waals surface area contributed by atoms with Crippen LogP contribution in [0, 0.1) is 0 Å². The van der Waals surface area contributed by atoms with Gasteiger partial charge in [0.2, 0.25) is 16.0 Å². The number of hydrogen-bond acceptors (Lipinski definition) is 6. The minimum Gasteiger partial charge on any atom is -0.497 e. The Hall–Kier alpha value is -2.91. The summed E-state index contributed by atoms with van der Waals surface area (Å²) in [6, 6.07) is 13.6. The number of aromatic nitrogens is 2. The van der Waals surface area contributed by atoms with Crippen LogP contribution in [-0.2, 0) is 17.1 Å². The number of nitrogens with zero attached hydrogens (tertiary/aromatic N) is 4. The first-order valence-corrected chi connectivity index (χ1v) is 10.7. The Morgan fingerprint density at radius 2 is 1.62 bits per heavy atom. The maximum atomic E-state index is 12.9. The van der Waals surface area contributed by atoms with Crippen molar-refractivity contribution in [1.29, 1.82) is 0 Å². The van der Waals surface area contributed by atoms with Crippen molar-refractivity contribution < 1.29 is 13.2 Å². The van der Waals surface area contributed by atoms with Gasteiger partial charge in [-0.1, -0.05) is 12.1 Å². The van der Waals surface area contributed by atoms with E-state index in [9.17, 15) is 13.2 Å². The molecule has 152 valence electrons. The number of para-hydroxylation sites is 1. The molecule has 1 fully saturated rings. The average Bonchev–Trinajstić information content (AvgIpc) is 2.76. The average molecular weight is 414 g/mol. The van der Waals surface area contributed by atoms with Gasteiger partial charge >= 0.3 is 0 Å². The predicted octanol–water partition coefficient (Wildman–Crippen LogP) is 1.45. The van der Waals surface area contributed by atoms with Gasteiger partial charge < -0.3 is 9.64 Å². The number of fused-ring (bicyclic) bond motifs is 1. The molecule has 2 aromatic carbocycles. The summed E-state index contributed by atoms with van der Waals surface area (Å²) in [4.78, 5) is 19.5. The Labute approximate surface area is 169 Å². The molecule has 3 aromatic rings. The second-order valence-corrected chi connectivity index (χ2v) is 8.80. The Morgan fingerprint density at radius 1 is 0.966 bits per heavy atom. The fourth-order valence-corrected chi connectivity index (χ4v) is 4.94. The monoisotopic (exact) mass is 414 g/mol. The molecular weight excluding hydrogens is 392 g/mol. The third-order valence-corrected chi connectivity index (χ3v) is 7.09. The molecule has 1 aromatic heterocycles. The van der Waals surface area contributed by atoms with Gasteiger partial charge in [-0.05, 0) is 36.4 Å². The molecule has 0 bridgehead atoms. The van der Waals surface area contributed by atoms with Crippen molar-refractivity contribution in [1.82, 2.24) is 13.9 Å². The van der Waals surface area contributed by atoms with Crippen molar-refractivity contribution in [2.24, 2.45) is 7.05 Å². The molecule has 0 amide bonds. The lowest BCUT2D eigenvalue weighted by molar-refractivity contribution is 0.380. The minimum absolute atomic E-state index is 0.112. The number of sulfonamides is 1. The van der Waals surface area contributed by atoms with Crippen molar-refractivity contribution in [2.45, 2.75) is 4.90 Å². The molecule has 0 aliphatic carbocycles. The third-order valence-electron chi connectivity index (χ3n) is 5.18. The van der Waals surface area contributed by atoms with E-state index >= 15 is 0 Å². The van der Waals surface area contributed by atoms with Crippen LogP contribution in [0.15, 0.2) is 58.2 Å². The highest BCUT2D eigenvalue weighted by Crippen LogP contribution is 2.22. The second kappa shape index (κ2) is 7.49. The molecule has 4 rings (SSSR count). The Bertz CT molecular complexity index is 1200. The maximum Gasteiger partial charge on any atom is 0.262 e. The molecular formula is C20H22N4O4S. The highest BCUT2D eigenvalue weighted by atomic mass is 32.2. The zero-order valence-corrected chi connectivity index (χ0v) is 17.1. The van der Waals surface area contributed by atoms with Crippen LogP contribution < -0.4 is 15.2 Å². The van der Waals surface area contributed by atoms with E-state index in [2.05, 4.69) is 4.98 Å². The van der Waals surface area contributed by atoms with Gasteiger partial charge in [0, 0.05) is 33.2 Å². The van der Waals surface area contributed by atoms with E-state index in [0.717, 1.165) is 0 Å². The van der Waals surface area contributed by atoms with E-state index in [0.29, 0.717) is 48.8 Å². The molecule has 0 radical (unpaired) electrons. The SMILES string of the molecule is COc1ccc(S(=O)(=O)N2CCN(c3nc4ccccc4c(=O)n3C)CC2)cc1. The van der Waals surface area contributed by atoms with E-state index in [1.165, 1.54) is 16.0 Å². The van der Waals surface area contributed by atoms with Gasteiger partial charge in [-0.2, -0.15) is 4.31 Å². The summed E-state index contributed by atoms with van der Waals surface area (Å²) in [5, 5.41) is 0.569. The predicted molar refractivity (Wildman–Crippen MR) is 111 cm³/mol. The smallest absolute Gasteiger partial charge is 0.262 e. The lowest BCUT2D eigenvalue weighted by Crippen LogP contribution is -2.50. The fourth-order valence-electron chi connectivity index (χ4n) is 3.51. The van der Waals surface area contributed by atoms with Crippen LogP contribution >= 0.6 is 0 Å². The van der Waals surface area contributed by atoms with Crippen molar-refractivity contribution in [3.63, 3.8) is 0 Å². The van der Waals surface area contributed by atoms with Gasteiger partial charge in [-0.25, -0.2) is 13.4 Å². The molecule has 1 aliphatic rings. The number of anilines is 1. The molecule has 0 unspecified atom stereocenters. The van der Waals surface area contributed by atoms with Gasteiger partial charge in [0.05, 0.1) is 22.9 Å². The highest BCUT2D eigenvalue weighted by molar-refractivity contribution is 7.89. The number of ether oxygens (including phenoxy) is 1. The Balaban J connectivity index is 1.56. The van der Waals surface area contributed by atoms with Crippen LogP contribution in [-0.4, -0.2) is 55.6 Å². The van der Waals surface area contributed by atoms with Crippen molar-refractivity contribution in [3.05, 3.63) is 58.9 Å². The topological polar surface area (TPSA) is 84.7 Å². The van der Waals surface area contributed by atoms with Crippen LogP contribution in [0.2, 0.25) is 0 Å². The van der Waals surface area contributed by atoms with Crippen LogP contribution in [0.4, 0.5) is 5.95 Å². The van der Waals surface area contributed by atoms with Gasteiger partial charge in [-0.3, -0.25) is 9.36 Å². The zero-order valence-electron chi connectivity index (χ0n) is 16.3. The second-order valence-electron chi connectivity index (χ2n) is 6.86. The minimum atomic E-state index is -3.58. The van der Waals surface area contributed by atoms with Crippen molar-refractivity contribution >= 4 is 26.9 Å². The normalized spacial score (nSPS) is 15.6. The molecule has 2 heterocycles. The quantitative estimate of drug-likeness (QED) is 0.643. The van der Waals surface area contributed by atoms with Crippen molar-refractivity contribution in [2.75, 3.05) is 38.2 Å². The van der Waals surface area contributed by atoms with E-state index in [-0.39, 0.29) is 10.5 Å². The first-order chi connectivity index (χ1) is 13.9. The number of methoxy groups -OCH3 is 1. The van der Waals surface area contributed by atoms with Gasteiger partial charge in [-0.15, -0.1) is 0 Å². The van der Waals surface area contributed by atoms with E-state index in [1.807, 2.05) is 23.1 Å². The molecule has 29 heavy (non-hydrogen) atoms. The number of piperazine rings is 1. The molecule has 0 saturated carbocycles. The first-order valence-electron chi connectivity index (χ1n) is 9.27. The number of hydrogen-bond donors (Lipinski definition) is 0. The summed E-state index contributed by atoms with van der Waals surface area (Å²) >= 11 is 0. The van der Waals surface area contributed by atoms with Gasteiger partial charge in [0.15, 0.2) is 0 Å². The lowest BCUT2D eigenvalue weighted by Gasteiger charge is -2.35. The summed E-state index contributed by atoms with van der Waals surface area (Å²) in [5.74, 6) is 1.16. The summed E-state index contributed by atoms with van der Waals surface area (Å²) < 4.78 is 33.9. The van der Waals surface area contributed by atoms with Gasteiger partial charge in [0.25, 0.3) is 5.56 Å². The maximum absolute atomic E-state index is 12.9. The molecule has 8 nitrogen and oxygen atoms in total.